The molecule has 0 aliphatic rings. The van der Waals surface area contributed by atoms with Crippen LogP contribution >= 0.6 is 0 Å². The molecule has 0 saturated heterocycles. The molecule has 1 amide bonds. The fraction of sp³-hybridized carbons (Fsp3) is 0.222. The van der Waals surface area contributed by atoms with Crippen molar-refractivity contribution in [1.82, 2.24) is 19.7 Å². The number of carbonyl (C=O) groups is 1. The van der Waals surface area contributed by atoms with Gasteiger partial charge >= 0.3 is 0 Å². The van der Waals surface area contributed by atoms with Crippen LogP contribution in [0.1, 0.15) is 36.7 Å². The predicted octanol–water partition coefficient (Wildman–Crippen LogP) is 3.21. The zero-order valence-electron chi connectivity index (χ0n) is 13.9. The first-order valence-electron chi connectivity index (χ1n) is 7.67. The van der Waals surface area contributed by atoms with Crippen LogP contribution in [0, 0.1) is 0 Å². The van der Waals surface area contributed by atoms with Crippen LogP contribution in [0.25, 0.3) is 5.82 Å². The molecule has 0 fully saturated rings. The Bertz CT molecular complexity index is 833. The van der Waals surface area contributed by atoms with Gasteiger partial charge in [0, 0.05) is 24.0 Å². The molecule has 1 N–H and O–H groups in total. The molecule has 0 radical (unpaired) electrons. The van der Waals surface area contributed by atoms with Gasteiger partial charge in [0.05, 0.1) is 0 Å². The maximum absolute atomic E-state index is 12.4. The molecular weight excluding hydrogens is 302 g/mol. The number of nitrogens with zero attached hydrogens (tertiary/aromatic N) is 4. The van der Waals surface area contributed by atoms with Crippen molar-refractivity contribution < 1.29 is 4.79 Å². The molecule has 0 spiro atoms. The normalized spacial score (nSPS) is 11.3. The van der Waals surface area contributed by atoms with Crippen LogP contribution < -0.4 is 5.32 Å². The van der Waals surface area contributed by atoms with Crippen LogP contribution in [0.15, 0.2) is 55.1 Å². The number of nitrogens with one attached hydrogen (secondary N) is 1. The van der Waals surface area contributed by atoms with Gasteiger partial charge in [-0.05, 0) is 29.2 Å². The Morgan fingerprint density at radius 2 is 1.88 bits per heavy atom. The smallest absolute Gasteiger partial charge is 0.256 e. The van der Waals surface area contributed by atoms with Crippen LogP contribution in [0.2, 0.25) is 0 Å². The fourth-order valence-corrected chi connectivity index (χ4v) is 2.26. The second-order valence-electron chi connectivity index (χ2n) is 6.49. The molecule has 0 atom stereocenters. The van der Waals surface area contributed by atoms with Crippen LogP contribution in [0.3, 0.4) is 0 Å². The second-order valence-corrected chi connectivity index (χ2v) is 6.49. The lowest BCUT2D eigenvalue weighted by molar-refractivity contribution is 0.102. The summed E-state index contributed by atoms with van der Waals surface area (Å²) in [5, 5.41) is 6.90. The molecule has 3 rings (SSSR count). The van der Waals surface area contributed by atoms with Gasteiger partial charge in [-0.1, -0.05) is 32.9 Å². The monoisotopic (exact) mass is 321 g/mol. The van der Waals surface area contributed by atoms with E-state index < -0.39 is 0 Å². The largest absolute Gasteiger partial charge is 0.306 e. The topological polar surface area (TPSA) is 72.7 Å². The minimum absolute atomic E-state index is 0.0559. The molecule has 0 bridgehead atoms. The van der Waals surface area contributed by atoms with E-state index in [0.29, 0.717) is 17.2 Å². The van der Waals surface area contributed by atoms with Crippen LogP contribution in [-0.4, -0.2) is 25.7 Å². The first-order chi connectivity index (χ1) is 11.4. The highest BCUT2D eigenvalue weighted by Gasteiger charge is 2.14. The molecule has 0 aliphatic heterocycles. The highest BCUT2D eigenvalue weighted by molar-refractivity contribution is 6.03. The summed E-state index contributed by atoms with van der Waals surface area (Å²) in [6.45, 7) is 6.42. The van der Waals surface area contributed by atoms with E-state index in [1.165, 1.54) is 11.9 Å². The minimum atomic E-state index is -0.208. The van der Waals surface area contributed by atoms with Crippen molar-refractivity contribution >= 4 is 11.7 Å². The maximum atomic E-state index is 12.4. The standard InChI is InChI=1S/C18H19N5O/c1-18(2,3)14-7-5-13(6-8-14)17(24)22-15-11-16(20-12-19-15)23-10-4-9-21-23/h4-12H,1-3H3,(H,19,20,22,24). The summed E-state index contributed by atoms with van der Waals surface area (Å²) in [7, 11) is 0. The molecular formula is C18H19N5O. The Kier molecular flexibility index (Phi) is 4.12. The van der Waals surface area contributed by atoms with Crippen molar-refractivity contribution in [3.05, 3.63) is 66.2 Å². The summed E-state index contributed by atoms with van der Waals surface area (Å²) in [5.74, 6) is 0.814. The SMILES string of the molecule is CC(C)(C)c1ccc(C(=O)Nc2cc(-n3cccn3)ncn2)cc1. The Balaban J connectivity index is 1.76. The first kappa shape index (κ1) is 15.9. The van der Waals surface area contributed by atoms with Crippen molar-refractivity contribution in [2.75, 3.05) is 5.32 Å². The molecule has 3 aromatic rings. The van der Waals surface area contributed by atoms with E-state index in [-0.39, 0.29) is 11.3 Å². The van der Waals surface area contributed by atoms with Gasteiger partial charge in [0.2, 0.25) is 0 Å². The van der Waals surface area contributed by atoms with Crippen molar-refractivity contribution in [3.8, 4) is 5.82 Å². The number of hydrogen-bond acceptors (Lipinski definition) is 4. The maximum Gasteiger partial charge on any atom is 0.256 e. The lowest BCUT2D eigenvalue weighted by Crippen LogP contribution is -2.15. The summed E-state index contributed by atoms with van der Waals surface area (Å²) in [4.78, 5) is 20.6. The zero-order valence-corrected chi connectivity index (χ0v) is 13.9. The summed E-state index contributed by atoms with van der Waals surface area (Å²) in [6.07, 6.45) is 4.84. The zero-order chi connectivity index (χ0) is 17.2. The number of anilines is 1. The molecule has 0 saturated carbocycles. The summed E-state index contributed by atoms with van der Waals surface area (Å²) in [6, 6.07) is 11.1. The van der Waals surface area contributed by atoms with E-state index in [1.54, 1.807) is 29.2 Å². The minimum Gasteiger partial charge on any atom is -0.306 e. The van der Waals surface area contributed by atoms with Crippen molar-refractivity contribution in [1.29, 1.82) is 0 Å². The molecule has 0 unspecified atom stereocenters. The van der Waals surface area contributed by atoms with E-state index in [0.717, 1.165) is 0 Å². The van der Waals surface area contributed by atoms with Crippen LogP contribution in [-0.2, 0) is 5.41 Å². The highest BCUT2D eigenvalue weighted by Crippen LogP contribution is 2.22. The van der Waals surface area contributed by atoms with Gasteiger partial charge in [-0.3, -0.25) is 4.79 Å². The lowest BCUT2D eigenvalue weighted by Gasteiger charge is -2.19. The third-order valence-corrected chi connectivity index (χ3v) is 3.65. The summed E-state index contributed by atoms with van der Waals surface area (Å²) in [5.41, 5.74) is 1.82. The Labute approximate surface area is 140 Å². The molecule has 122 valence electrons. The molecule has 2 aromatic heterocycles. The van der Waals surface area contributed by atoms with Gasteiger partial charge < -0.3 is 5.32 Å². The average Bonchev–Trinajstić information content (AvgIpc) is 3.09. The van der Waals surface area contributed by atoms with Crippen molar-refractivity contribution in [2.45, 2.75) is 26.2 Å². The molecule has 0 aliphatic carbocycles. The Hall–Kier alpha value is -3.02. The molecule has 2 heterocycles. The number of rotatable bonds is 3. The molecule has 6 nitrogen and oxygen atoms in total. The number of aromatic nitrogens is 4. The van der Waals surface area contributed by atoms with Gasteiger partial charge in [-0.15, -0.1) is 0 Å². The van der Waals surface area contributed by atoms with Gasteiger partial charge in [0.1, 0.15) is 12.1 Å². The lowest BCUT2D eigenvalue weighted by atomic mass is 9.87. The van der Waals surface area contributed by atoms with Gasteiger partial charge in [0.15, 0.2) is 5.82 Å². The summed E-state index contributed by atoms with van der Waals surface area (Å²) >= 11 is 0. The van der Waals surface area contributed by atoms with E-state index >= 15 is 0 Å². The molecule has 24 heavy (non-hydrogen) atoms. The van der Waals surface area contributed by atoms with Gasteiger partial charge in [0.25, 0.3) is 5.91 Å². The van der Waals surface area contributed by atoms with Crippen LogP contribution in [0.5, 0.6) is 0 Å². The number of hydrogen-bond donors (Lipinski definition) is 1. The number of benzene rings is 1. The van der Waals surface area contributed by atoms with Gasteiger partial charge in [-0.25, -0.2) is 14.6 Å². The third kappa shape index (κ3) is 3.48. The van der Waals surface area contributed by atoms with Gasteiger partial charge in [-0.2, -0.15) is 5.10 Å². The predicted molar refractivity (Wildman–Crippen MR) is 92.2 cm³/mol. The quantitative estimate of drug-likeness (QED) is 0.804. The van der Waals surface area contributed by atoms with E-state index in [4.69, 9.17) is 0 Å². The molecule has 6 heteroatoms. The first-order valence-corrected chi connectivity index (χ1v) is 7.67. The van der Waals surface area contributed by atoms with Crippen LogP contribution in [0.4, 0.5) is 5.82 Å². The van der Waals surface area contributed by atoms with Crippen molar-refractivity contribution in [3.63, 3.8) is 0 Å². The average molecular weight is 321 g/mol. The third-order valence-electron chi connectivity index (χ3n) is 3.65. The van der Waals surface area contributed by atoms with E-state index in [2.05, 4.69) is 41.2 Å². The van der Waals surface area contributed by atoms with E-state index in [1.807, 2.05) is 24.3 Å². The molecule has 1 aromatic carbocycles. The summed E-state index contributed by atoms with van der Waals surface area (Å²) < 4.78 is 1.61. The Morgan fingerprint density at radius 3 is 2.50 bits per heavy atom. The Morgan fingerprint density at radius 1 is 1.12 bits per heavy atom. The number of carbonyl (C=O) groups excluding carboxylic acids is 1. The van der Waals surface area contributed by atoms with Crippen molar-refractivity contribution in [2.24, 2.45) is 0 Å². The highest BCUT2D eigenvalue weighted by atomic mass is 16.1. The number of amides is 1. The fourth-order valence-electron chi connectivity index (χ4n) is 2.26. The second kappa shape index (κ2) is 6.23. The van der Waals surface area contributed by atoms with E-state index in [9.17, 15) is 4.79 Å².